The molecule has 2 amide bonds. The van der Waals surface area contributed by atoms with Crippen LogP contribution in [0.2, 0.25) is 0 Å². The second kappa shape index (κ2) is 9.04. The summed E-state index contributed by atoms with van der Waals surface area (Å²) < 4.78 is 2.07. The number of pyridine rings is 1. The van der Waals surface area contributed by atoms with Crippen LogP contribution in [0.25, 0.3) is 10.9 Å². The second-order valence-corrected chi connectivity index (χ2v) is 8.01. The zero-order valence-electron chi connectivity index (χ0n) is 18.8. The van der Waals surface area contributed by atoms with Gasteiger partial charge in [-0.25, -0.2) is 4.98 Å². The van der Waals surface area contributed by atoms with E-state index in [1.54, 1.807) is 32.3 Å². The first-order valence-electron chi connectivity index (χ1n) is 10.5. The Balaban J connectivity index is 1.55. The SMILES string of the molecule is CN(C)C(=O)c1ccc(Nc2cc(NCc3cccc4c3ccn4C)c(C(N)=O)cn2)cc1. The predicted octanol–water partition coefficient (Wildman–Crippen LogP) is 3.73. The number of aryl methyl sites for hydroxylation is 1. The van der Waals surface area contributed by atoms with Crippen molar-refractivity contribution in [2.45, 2.75) is 6.54 Å². The fourth-order valence-electron chi connectivity index (χ4n) is 3.68. The molecule has 0 aliphatic rings. The van der Waals surface area contributed by atoms with Crippen LogP contribution in [0.15, 0.2) is 67.0 Å². The highest BCUT2D eigenvalue weighted by atomic mass is 16.2. The molecule has 0 saturated carbocycles. The van der Waals surface area contributed by atoms with E-state index in [0.29, 0.717) is 29.2 Å². The molecule has 4 aromatic rings. The van der Waals surface area contributed by atoms with Crippen LogP contribution in [0.4, 0.5) is 17.2 Å². The summed E-state index contributed by atoms with van der Waals surface area (Å²) >= 11 is 0. The quantitative estimate of drug-likeness (QED) is 0.404. The molecule has 0 spiro atoms. The summed E-state index contributed by atoms with van der Waals surface area (Å²) in [6.07, 6.45) is 3.48. The molecule has 2 heterocycles. The first-order valence-corrected chi connectivity index (χ1v) is 10.5. The van der Waals surface area contributed by atoms with Crippen molar-refractivity contribution in [3.63, 3.8) is 0 Å². The number of benzene rings is 2. The summed E-state index contributed by atoms with van der Waals surface area (Å²) in [7, 11) is 5.44. The third-order valence-electron chi connectivity index (χ3n) is 5.47. The van der Waals surface area contributed by atoms with Crippen molar-refractivity contribution < 1.29 is 9.59 Å². The van der Waals surface area contributed by atoms with Crippen LogP contribution in [0.3, 0.4) is 0 Å². The van der Waals surface area contributed by atoms with Gasteiger partial charge < -0.3 is 25.8 Å². The van der Waals surface area contributed by atoms with Crippen LogP contribution in [-0.4, -0.2) is 40.4 Å². The van der Waals surface area contributed by atoms with E-state index in [9.17, 15) is 9.59 Å². The molecule has 0 aliphatic heterocycles. The van der Waals surface area contributed by atoms with Crippen molar-refractivity contribution in [3.8, 4) is 0 Å². The minimum absolute atomic E-state index is 0.0644. The molecule has 2 aromatic heterocycles. The predicted molar refractivity (Wildman–Crippen MR) is 131 cm³/mol. The largest absolute Gasteiger partial charge is 0.380 e. The number of carbonyl (C=O) groups excluding carboxylic acids is 2. The normalized spacial score (nSPS) is 10.8. The molecule has 4 rings (SSSR count). The smallest absolute Gasteiger partial charge is 0.253 e. The Hall–Kier alpha value is -4.33. The average Bonchev–Trinajstić information content (AvgIpc) is 3.19. The van der Waals surface area contributed by atoms with E-state index in [2.05, 4.69) is 38.4 Å². The summed E-state index contributed by atoms with van der Waals surface area (Å²) in [5, 5.41) is 7.69. The zero-order valence-corrected chi connectivity index (χ0v) is 18.8. The lowest BCUT2D eigenvalue weighted by molar-refractivity contribution is 0.0827. The van der Waals surface area contributed by atoms with Crippen LogP contribution >= 0.6 is 0 Å². The lowest BCUT2D eigenvalue weighted by Gasteiger charge is -2.14. The maximum Gasteiger partial charge on any atom is 0.253 e. The van der Waals surface area contributed by atoms with Crippen molar-refractivity contribution in [3.05, 3.63) is 83.7 Å². The van der Waals surface area contributed by atoms with Gasteiger partial charge in [-0.05, 0) is 42.0 Å². The number of nitrogens with zero attached hydrogens (tertiary/aromatic N) is 3. The Bertz CT molecular complexity index is 1320. The number of anilines is 3. The molecule has 0 fully saturated rings. The van der Waals surface area contributed by atoms with Crippen LogP contribution < -0.4 is 16.4 Å². The lowest BCUT2D eigenvalue weighted by atomic mass is 10.1. The van der Waals surface area contributed by atoms with Gasteiger partial charge in [0.15, 0.2) is 0 Å². The fourth-order valence-corrected chi connectivity index (χ4v) is 3.68. The summed E-state index contributed by atoms with van der Waals surface area (Å²) in [5.74, 6) is -0.0708. The van der Waals surface area contributed by atoms with Gasteiger partial charge in [-0.1, -0.05) is 12.1 Å². The standard InChI is InChI=1S/C25H26N6O2/c1-30(2)25(33)16-7-9-18(10-8-16)29-23-13-21(20(15-28-23)24(26)32)27-14-17-5-4-6-22-19(17)11-12-31(22)3/h4-13,15H,14H2,1-3H3,(H2,26,32)(H2,27,28,29). The molecule has 0 unspecified atom stereocenters. The van der Waals surface area contributed by atoms with E-state index >= 15 is 0 Å². The number of nitrogens with two attached hydrogens (primary N) is 1. The number of primary amides is 1. The molecule has 8 nitrogen and oxygen atoms in total. The number of hydrogen-bond donors (Lipinski definition) is 3. The van der Waals surface area contributed by atoms with E-state index in [-0.39, 0.29) is 5.91 Å². The molecule has 8 heteroatoms. The first kappa shape index (κ1) is 21.9. The van der Waals surface area contributed by atoms with Crippen molar-refractivity contribution >= 4 is 39.9 Å². The summed E-state index contributed by atoms with van der Waals surface area (Å²) in [6, 6.07) is 17.1. The summed E-state index contributed by atoms with van der Waals surface area (Å²) in [5.41, 5.74) is 10.1. The summed E-state index contributed by atoms with van der Waals surface area (Å²) in [4.78, 5) is 29.9. The number of carbonyl (C=O) groups is 2. The van der Waals surface area contributed by atoms with Gasteiger partial charge in [0, 0.05) is 68.3 Å². The summed E-state index contributed by atoms with van der Waals surface area (Å²) in [6.45, 7) is 0.520. The molecule has 33 heavy (non-hydrogen) atoms. The van der Waals surface area contributed by atoms with Crippen molar-refractivity contribution in [2.24, 2.45) is 12.8 Å². The first-order chi connectivity index (χ1) is 15.8. The third kappa shape index (κ3) is 4.64. The van der Waals surface area contributed by atoms with Crippen LogP contribution in [0.1, 0.15) is 26.3 Å². The topological polar surface area (TPSA) is 105 Å². The van der Waals surface area contributed by atoms with Gasteiger partial charge >= 0.3 is 0 Å². The molecule has 0 bridgehead atoms. The molecule has 2 aromatic carbocycles. The van der Waals surface area contributed by atoms with E-state index < -0.39 is 5.91 Å². The fraction of sp³-hybridized carbons (Fsp3) is 0.160. The number of aromatic nitrogens is 2. The van der Waals surface area contributed by atoms with Crippen molar-refractivity contribution in [2.75, 3.05) is 24.7 Å². The van der Waals surface area contributed by atoms with Crippen LogP contribution in [-0.2, 0) is 13.6 Å². The highest BCUT2D eigenvalue weighted by Gasteiger charge is 2.12. The van der Waals surface area contributed by atoms with Crippen LogP contribution in [0.5, 0.6) is 0 Å². The Morgan fingerprint density at radius 2 is 1.85 bits per heavy atom. The van der Waals surface area contributed by atoms with Gasteiger partial charge in [-0.2, -0.15) is 0 Å². The molecule has 0 radical (unpaired) electrons. The molecular formula is C25H26N6O2. The lowest BCUT2D eigenvalue weighted by Crippen LogP contribution is -2.21. The maximum atomic E-state index is 12.1. The van der Waals surface area contributed by atoms with E-state index in [1.807, 2.05) is 31.4 Å². The van der Waals surface area contributed by atoms with Gasteiger partial charge in [0.25, 0.3) is 11.8 Å². The Morgan fingerprint density at radius 3 is 2.55 bits per heavy atom. The molecule has 0 atom stereocenters. The molecule has 0 saturated heterocycles. The Kier molecular flexibility index (Phi) is 5.99. The zero-order chi connectivity index (χ0) is 23.5. The van der Waals surface area contributed by atoms with E-state index in [0.717, 1.165) is 22.2 Å². The number of hydrogen-bond acceptors (Lipinski definition) is 5. The van der Waals surface area contributed by atoms with Gasteiger partial charge in [0.05, 0.1) is 11.3 Å². The molecule has 4 N–H and O–H groups in total. The Labute approximate surface area is 192 Å². The average molecular weight is 443 g/mol. The number of amides is 2. The number of rotatable bonds is 7. The third-order valence-corrected chi connectivity index (χ3v) is 5.47. The monoisotopic (exact) mass is 442 g/mol. The number of fused-ring (bicyclic) bond motifs is 1. The number of nitrogens with one attached hydrogen (secondary N) is 2. The van der Waals surface area contributed by atoms with Gasteiger partial charge in [0.1, 0.15) is 5.82 Å². The van der Waals surface area contributed by atoms with Gasteiger partial charge in [-0.3, -0.25) is 9.59 Å². The molecule has 0 aliphatic carbocycles. The molecular weight excluding hydrogens is 416 g/mol. The van der Waals surface area contributed by atoms with Crippen molar-refractivity contribution in [1.29, 1.82) is 0 Å². The van der Waals surface area contributed by atoms with Gasteiger partial charge in [0.2, 0.25) is 0 Å². The van der Waals surface area contributed by atoms with Crippen molar-refractivity contribution in [1.82, 2.24) is 14.5 Å². The van der Waals surface area contributed by atoms with Gasteiger partial charge in [-0.15, -0.1) is 0 Å². The minimum Gasteiger partial charge on any atom is -0.380 e. The Morgan fingerprint density at radius 1 is 1.09 bits per heavy atom. The van der Waals surface area contributed by atoms with E-state index in [1.165, 1.54) is 11.1 Å². The maximum absolute atomic E-state index is 12.1. The van der Waals surface area contributed by atoms with Crippen LogP contribution in [0, 0.1) is 0 Å². The molecule has 168 valence electrons. The minimum atomic E-state index is -0.555. The highest BCUT2D eigenvalue weighted by Crippen LogP contribution is 2.25. The van der Waals surface area contributed by atoms with E-state index in [4.69, 9.17) is 5.73 Å². The second-order valence-electron chi connectivity index (χ2n) is 8.01. The highest BCUT2D eigenvalue weighted by molar-refractivity contribution is 5.99.